The van der Waals surface area contributed by atoms with Crippen molar-refractivity contribution in [3.05, 3.63) is 53.1 Å². The van der Waals surface area contributed by atoms with Crippen molar-refractivity contribution in [1.82, 2.24) is 4.98 Å². The van der Waals surface area contributed by atoms with E-state index in [1.54, 1.807) is 17.0 Å². The standard InChI is InChI=1S/C21H21ClN2O3S/c1-2-26-17-10-5-11-18-19(17)23-21(28-18)24(13-14-7-6-12-27-14)20(25)15-8-3-4-9-16(15)22/h3-5,8-11,14H,2,6-7,12-13H2,1H3. The molecule has 0 spiro atoms. The van der Waals surface area contributed by atoms with E-state index in [1.807, 2.05) is 37.3 Å². The molecule has 2 heterocycles. The first kappa shape index (κ1) is 19.2. The summed E-state index contributed by atoms with van der Waals surface area (Å²) in [6.07, 6.45) is 1.94. The van der Waals surface area contributed by atoms with Gasteiger partial charge in [-0.2, -0.15) is 0 Å². The van der Waals surface area contributed by atoms with Crippen molar-refractivity contribution >= 4 is 44.2 Å². The second kappa shape index (κ2) is 8.47. The molecule has 3 aromatic rings. The Morgan fingerprint density at radius 1 is 1.32 bits per heavy atom. The summed E-state index contributed by atoms with van der Waals surface area (Å²) in [6.45, 7) is 3.68. The second-order valence-corrected chi connectivity index (χ2v) is 7.98. The fourth-order valence-electron chi connectivity index (χ4n) is 3.32. The molecule has 1 atom stereocenters. The number of hydrogen-bond acceptors (Lipinski definition) is 5. The number of thiazole rings is 1. The van der Waals surface area contributed by atoms with Crippen LogP contribution in [0.25, 0.3) is 10.2 Å². The van der Waals surface area contributed by atoms with Crippen LogP contribution in [0.4, 0.5) is 5.13 Å². The van der Waals surface area contributed by atoms with Gasteiger partial charge in [0.2, 0.25) is 0 Å². The first-order chi connectivity index (χ1) is 13.7. The molecule has 28 heavy (non-hydrogen) atoms. The number of halogens is 1. The number of fused-ring (bicyclic) bond motifs is 1. The van der Waals surface area contributed by atoms with Crippen molar-refractivity contribution in [2.24, 2.45) is 0 Å². The number of nitrogens with zero attached hydrogens (tertiary/aromatic N) is 2. The molecule has 146 valence electrons. The predicted octanol–water partition coefficient (Wildman–Crippen LogP) is 5.17. The van der Waals surface area contributed by atoms with Gasteiger partial charge in [0, 0.05) is 6.61 Å². The zero-order valence-corrected chi connectivity index (χ0v) is 17.1. The molecule has 0 aliphatic carbocycles. The molecule has 1 aromatic heterocycles. The average Bonchev–Trinajstić information content (AvgIpc) is 3.36. The van der Waals surface area contributed by atoms with E-state index in [-0.39, 0.29) is 12.0 Å². The predicted molar refractivity (Wildman–Crippen MR) is 113 cm³/mol. The minimum atomic E-state index is -0.168. The van der Waals surface area contributed by atoms with Crippen LogP contribution in [-0.4, -0.2) is 36.8 Å². The number of benzene rings is 2. The monoisotopic (exact) mass is 416 g/mol. The fourth-order valence-corrected chi connectivity index (χ4v) is 4.53. The summed E-state index contributed by atoms with van der Waals surface area (Å²) in [5.41, 5.74) is 1.24. The van der Waals surface area contributed by atoms with E-state index in [2.05, 4.69) is 0 Å². The molecule has 1 aliphatic heterocycles. The summed E-state index contributed by atoms with van der Waals surface area (Å²) in [4.78, 5) is 19.8. The van der Waals surface area contributed by atoms with Gasteiger partial charge in [-0.15, -0.1) is 0 Å². The number of anilines is 1. The first-order valence-electron chi connectivity index (χ1n) is 9.37. The molecule has 4 rings (SSSR count). The van der Waals surface area contributed by atoms with E-state index >= 15 is 0 Å². The van der Waals surface area contributed by atoms with Gasteiger partial charge in [-0.3, -0.25) is 9.69 Å². The van der Waals surface area contributed by atoms with E-state index in [0.29, 0.717) is 28.9 Å². The second-order valence-electron chi connectivity index (χ2n) is 6.56. The number of amides is 1. The van der Waals surface area contributed by atoms with Crippen molar-refractivity contribution in [3.8, 4) is 5.75 Å². The molecule has 7 heteroatoms. The van der Waals surface area contributed by atoms with Gasteiger partial charge in [-0.1, -0.05) is 41.1 Å². The third kappa shape index (κ3) is 3.85. The molecule has 1 fully saturated rings. The number of rotatable bonds is 6. The fraction of sp³-hybridized carbons (Fsp3) is 0.333. The Balaban J connectivity index is 1.74. The first-order valence-corrected chi connectivity index (χ1v) is 10.6. The minimum absolute atomic E-state index is 0.00446. The lowest BCUT2D eigenvalue weighted by Gasteiger charge is -2.23. The van der Waals surface area contributed by atoms with Gasteiger partial charge in [0.15, 0.2) is 5.13 Å². The molecular weight excluding hydrogens is 396 g/mol. The molecule has 1 aliphatic rings. The van der Waals surface area contributed by atoms with Gasteiger partial charge in [0.1, 0.15) is 11.3 Å². The van der Waals surface area contributed by atoms with Crippen molar-refractivity contribution in [2.45, 2.75) is 25.9 Å². The van der Waals surface area contributed by atoms with Crippen LogP contribution in [-0.2, 0) is 4.74 Å². The highest BCUT2D eigenvalue weighted by Crippen LogP contribution is 2.35. The van der Waals surface area contributed by atoms with Crippen LogP contribution in [0.5, 0.6) is 5.75 Å². The zero-order valence-electron chi connectivity index (χ0n) is 15.6. The van der Waals surface area contributed by atoms with Gasteiger partial charge in [0.05, 0.1) is 34.5 Å². The average molecular weight is 417 g/mol. The Kier molecular flexibility index (Phi) is 5.80. The van der Waals surface area contributed by atoms with Crippen molar-refractivity contribution in [3.63, 3.8) is 0 Å². The molecule has 0 N–H and O–H groups in total. The van der Waals surface area contributed by atoms with Crippen LogP contribution in [0.1, 0.15) is 30.1 Å². The largest absolute Gasteiger partial charge is 0.492 e. The lowest BCUT2D eigenvalue weighted by atomic mass is 10.1. The summed E-state index contributed by atoms with van der Waals surface area (Å²) >= 11 is 7.77. The lowest BCUT2D eigenvalue weighted by molar-refractivity contribution is 0.0917. The third-order valence-corrected chi connectivity index (χ3v) is 6.03. The Hall–Kier alpha value is -2.15. The van der Waals surface area contributed by atoms with Crippen molar-refractivity contribution < 1.29 is 14.3 Å². The van der Waals surface area contributed by atoms with Gasteiger partial charge in [-0.05, 0) is 44.0 Å². The van der Waals surface area contributed by atoms with Gasteiger partial charge < -0.3 is 9.47 Å². The molecule has 0 saturated carbocycles. The third-order valence-electron chi connectivity index (χ3n) is 4.66. The van der Waals surface area contributed by atoms with E-state index in [9.17, 15) is 4.79 Å². The summed E-state index contributed by atoms with van der Waals surface area (Å²) in [5.74, 6) is 0.558. The Bertz CT molecular complexity index is 985. The normalized spacial score (nSPS) is 16.4. The molecule has 5 nitrogen and oxygen atoms in total. The van der Waals surface area contributed by atoms with E-state index in [4.69, 9.17) is 26.1 Å². The molecule has 1 amide bonds. The number of aromatic nitrogens is 1. The summed E-state index contributed by atoms with van der Waals surface area (Å²) in [5, 5.41) is 1.06. The maximum absolute atomic E-state index is 13.4. The summed E-state index contributed by atoms with van der Waals surface area (Å²) in [6, 6.07) is 12.9. The van der Waals surface area contributed by atoms with Crippen LogP contribution < -0.4 is 9.64 Å². The Labute approximate surface area is 172 Å². The molecule has 1 unspecified atom stereocenters. The highest BCUT2D eigenvalue weighted by molar-refractivity contribution is 7.22. The Morgan fingerprint density at radius 2 is 2.18 bits per heavy atom. The molecule has 1 saturated heterocycles. The van der Waals surface area contributed by atoms with Crippen LogP contribution >= 0.6 is 22.9 Å². The SMILES string of the molecule is CCOc1cccc2sc(N(CC3CCCO3)C(=O)c3ccccc3Cl)nc12. The molecule has 2 aromatic carbocycles. The van der Waals surface area contributed by atoms with E-state index < -0.39 is 0 Å². The smallest absolute Gasteiger partial charge is 0.261 e. The number of carbonyl (C=O) groups is 1. The summed E-state index contributed by atoms with van der Waals surface area (Å²) in [7, 11) is 0. The maximum Gasteiger partial charge on any atom is 0.261 e. The van der Waals surface area contributed by atoms with Crippen LogP contribution in [0.15, 0.2) is 42.5 Å². The number of carbonyl (C=O) groups excluding carboxylic acids is 1. The molecular formula is C21H21ClN2O3S. The summed E-state index contributed by atoms with van der Waals surface area (Å²) < 4.78 is 12.5. The van der Waals surface area contributed by atoms with E-state index in [1.165, 1.54) is 11.3 Å². The maximum atomic E-state index is 13.4. The highest BCUT2D eigenvalue weighted by Gasteiger charge is 2.28. The number of hydrogen-bond donors (Lipinski definition) is 0. The van der Waals surface area contributed by atoms with Crippen LogP contribution in [0, 0.1) is 0 Å². The highest BCUT2D eigenvalue weighted by atomic mass is 35.5. The van der Waals surface area contributed by atoms with Crippen molar-refractivity contribution in [1.29, 1.82) is 0 Å². The number of ether oxygens (including phenoxy) is 2. The number of para-hydroxylation sites is 1. The van der Waals surface area contributed by atoms with Crippen molar-refractivity contribution in [2.75, 3.05) is 24.7 Å². The van der Waals surface area contributed by atoms with Gasteiger partial charge >= 0.3 is 0 Å². The van der Waals surface area contributed by atoms with E-state index in [0.717, 1.165) is 35.4 Å². The topological polar surface area (TPSA) is 51.7 Å². The van der Waals surface area contributed by atoms with Crippen LogP contribution in [0.3, 0.4) is 0 Å². The minimum Gasteiger partial charge on any atom is -0.492 e. The molecule has 0 bridgehead atoms. The zero-order chi connectivity index (χ0) is 19.5. The van der Waals surface area contributed by atoms with Gasteiger partial charge in [-0.25, -0.2) is 4.98 Å². The Morgan fingerprint density at radius 3 is 2.93 bits per heavy atom. The quantitative estimate of drug-likeness (QED) is 0.556. The van der Waals surface area contributed by atoms with Gasteiger partial charge in [0.25, 0.3) is 5.91 Å². The van der Waals surface area contributed by atoms with Crippen LogP contribution in [0.2, 0.25) is 5.02 Å². The lowest BCUT2D eigenvalue weighted by Crippen LogP contribution is -2.37. The molecule has 0 radical (unpaired) electrons.